The summed E-state index contributed by atoms with van der Waals surface area (Å²) in [5, 5.41) is 6.95. The Hall–Kier alpha value is -6.84. The van der Waals surface area contributed by atoms with Crippen LogP contribution in [0, 0.1) is 27.7 Å². The Morgan fingerprint density at radius 1 is 0.329 bits per heavy atom. The largest absolute Gasteiger partial charge is 0.379 e. The van der Waals surface area contributed by atoms with Crippen LogP contribution in [0.2, 0.25) is 0 Å². The second kappa shape index (κ2) is 20.2. The Kier molecular flexibility index (Phi) is 15.2. The minimum absolute atomic E-state index is 0.302. The van der Waals surface area contributed by atoms with Crippen molar-refractivity contribution >= 4 is 72.1 Å². The summed E-state index contributed by atoms with van der Waals surface area (Å²) in [5.74, 6) is -3.02. The topological polar surface area (TPSA) is 285 Å². The van der Waals surface area contributed by atoms with E-state index >= 15 is 0 Å². The molecule has 0 saturated carbocycles. The van der Waals surface area contributed by atoms with E-state index in [-0.39, 0.29) is 19.6 Å². The van der Waals surface area contributed by atoms with Crippen LogP contribution in [0.25, 0.3) is 0 Å². The van der Waals surface area contributed by atoms with Gasteiger partial charge in [0.25, 0.3) is 0 Å². The molecule has 6 rings (SSSR count). The molecule has 26 heteroatoms. The molecule has 0 N–H and O–H groups in total. The summed E-state index contributed by atoms with van der Waals surface area (Å²) < 4.78 is 191. The van der Waals surface area contributed by atoms with E-state index in [0.717, 1.165) is 49.2 Å². The van der Waals surface area contributed by atoms with E-state index in [1.54, 1.807) is 27.7 Å². The lowest BCUT2D eigenvalue weighted by molar-refractivity contribution is 0.332. The third kappa shape index (κ3) is 12.9. The molecule has 0 radical (unpaired) electrons. The van der Waals surface area contributed by atoms with Crippen molar-refractivity contribution in [3.63, 3.8) is 0 Å². The van der Waals surface area contributed by atoms with Crippen LogP contribution in [0.4, 0.5) is 0 Å². The van der Waals surface area contributed by atoms with Crippen LogP contribution in [0.15, 0.2) is 173 Å². The highest BCUT2D eigenvalue weighted by Gasteiger charge is 2.31. The predicted molar refractivity (Wildman–Crippen MR) is 252 cm³/mol. The monoisotopic (exact) mass is 1080 g/mol. The molecule has 0 aliphatic heterocycles. The quantitative estimate of drug-likeness (QED) is 0.0455. The molecular formula is C44H40N2O18S6. The van der Waals surface area contributed by atoms with Crippen LogP contribution in [0.5, 0.6) is 23.0 Å². The molecule has 6 aromatic carbocycles. The highest BCUT2D eigenvalue weighted by molar-refractivity contribution is 7.89. The molecule has 0 amide bonds. The third-order valence-corrected chi connectivity index (χ3v) is 16.8. The minimum atomic E-state index is -5.31. The fourth-order valence-electron chi connectivity index (χ4n) is 5.53. The zero-order valence-corrected chi connectivity index (χ0v) is 42.3. The van der Waals surface area contributed by atoms with Crippen LogP contribution in [0.1, 0.15) is 36.1 Å². The van der Waals surface area contributed by atoms with Gasteiger partial charge in [-0.15, -0.1) is 0 Å². The Morgan fingerprint density at radius 3 is 0.829 bits per heavy atom. The Balaban J connectivity index is 1.32. The summed E-state index contributed by atoms with van der Waals surface area (Å²) in [5.41, 5.74) is 1.83. The average molecular weight is 1080 g/mol. The van der Waals surface area contributed by atoms with Gasteiger partial charge in [0.1, 0.15) is 42.5 Å². The SMILES string of the molecule is CC(=N/OS(=O)(=O)c1cc(OS(=O)(=O)c2ccc(C)cc2)ccc1OS(=O)(=O)c1ccc(C)cc1)/C(C)=N\OS(=O)(=O)c1cc(OS(=O)(=O)c2ccc(C)cc2)ccc1OS(=O)(=O)c1ccc(C)cc1. The van der Waals surface area contributed by atoms with Crippen molar-refractivity contribution < 1.29 is 75.8 Å². The second-order valence-electron chi connectivity index (χ2n) is 15.0. The van der Waals surface area contributed by atoms with Crippen LogP contribution in [-0.4, -0.2) is 61.9 Å². The Labute approximate surface area is 405 Å². The summed E-state index contributed by atoms with van der Waals surface area (Å²) in [4.78, 5) is -3.54. The fourth-order valence-corrected chi connectivity index (χ4v) is 11.2. The molecule has 0 aromatic heterocycles. The maximum absolute atomic E-state index is 13.8. The molecule has 0 heterocycles. The highest BCUT2D eigenvalue weighted by atomic mass is 32.2. The van der Waals surface area contributed by atoms with Crippen LogP contribution < -0.4 is 16.7 Å². The van der Waals surface area contributed by atoms with Gasteiger partial charge in [-0.3, -0.25) is 8.57 Å². The molecule has 0 saturated heterocycles. The van der Waals surface area contributed by atoms with Gasteiger partial charge in [0, 0.05) is 12.1 Å². The number of rotatable bonds is 19. The van der Waals surface area contributed by atoms with E-state index in [4.69, 9.17) is 25.3 Å². The van der Waals surface area contributed by atoms with Gasteiger partial charge in [0.2, 0.25) is 0 Å². The summed E-state index contributed by atoms with van der Waals surface area (Å²) in [7, 11) is -29.3. The molecule has 6 aromatic rings. The average Bonchev–Trinajstić information content (AvgIpc) is 3.28. The minimum Gasteiger partial charge on any atom is -0.379 e. The van der Waals surface area contributed by atoms with Crippen molar-refractivity contribution in [2.75, 3.05) is 0 Å². The maximum atomic E-state index is 13.8. The molecule has 0 unspecified atom stereocenters. The molecule has 0 aliphatic rings. The van der Waals surface area contributed by atoms with Crippen LogP contribution >= 0.6 is 0 Å². The second-order valence-corrected chi connectivity index (χ2v) is 24.2. The Bertz CT molecular complexity index is 3470. The molecule has 0 bridgehead atoms. The standard InChI is InChI=1S/C44H40N2O18S6/c1-29-7-17-37(18-8-29)65(47,48)59-35-15-25-41(61-67(51,52)39-21-11-31(3)12-22-39)43(27-35)69(55,56)63-45-33(5)34(6)46-64-70(57,58)44-28-36(60-66(49,50)38-19-9-30(2)10-20-38)16-26-42(44)62-68(53,54)40-23-13-32(4)14-24-40/h7-28H,1-6H3/b45-33-,46-34-. The van der Waals surface area contributed by atoms with Crippen molar-refractivity contribution in [3.8, 4) is 23.0 Å². The van der Waals surface area contributed by atoms with Gasteiger partial charge in [-0.2, -0.15) is 50.5 Å². The number of hydrogen-bond acceptors (Lipinski definition) is 20. The molecule has 0 aliphatic carbocycles. The van der Waals surface area contributed by atoms with Crippen molar-refractivity contribution in [1.29, 1.82) is 0 Å². The number of nitrogens with zero attached hydrogens (tertiary/aromatic N) is 2. The summed E-state index contributed by atoms with van der Waals surface area (Å²) >= 11 is 0. The molecule has 70 heavy (non-hydrogen) atoms. The smallest absolute Gasteiger partial charge is 0.362 e. The van der Waals surface area contributed by atoms with Crippen molar-refractivity contribution in [3.05, 3.63) is 156 Å². The van der Waals surface area contributed by atoms with E-state index in [0.29, 0.717) is 23.3 Å². The highest BCUT2D eigenvalue weighted by Crippen LogP contribution is 2.35. The first-order chi connectivity index (χ1) is 32.6. The van der Waals surface area contributed by atoms with Gasteiger partial charge in [-0.1, -0.05) is 81.1 Å². The first-order valence-corrected chi connectivity index (χ1v) is 28.3. The van der Waals surface area contributed by atoms with Gasteiger partial charge in [-0.25, -0.2) is 0 Å². The van der Waals surface area contributed by atoms with E-state index in [1.165, 1.54) is 97.1 Å². The normalized spacial score (nSPS) is 13.0. The zero-order chi connectivity index (χ0) is 51.5. The van der Waals surface area contributed by atoms with Crippen molar-refractivity contribution in [2.24, 2.45) is 10.3 Å². The van der Waals surface area contributed by atoms with E-state index in [9.17, 15) is 50.5 Å². The molecule has 0 atom stereocenters. The lowest BCUT2D eigenvalue weighted by Crippen LogP contribution is -2.16. The Morgan fingerprint density at radius 2 is 0.571 bits per heavy atom. The van der Waals surface area contributed by atoms with Gasteiger partial charge in [0.15, 0.2) is 21.3 Å². The summed E-state index contributed by atoms with van der Waals surface area (Å²) in [6.07, 6.45) is 0. The van der Waals surface area contributed by atoms with E-state index < -0.39 is 105 Å². The molecule has 0 spiro atoms. The lowest BCUT2D eigenvalue weighted by atomic mass is 10.2. The van der Waals surface area contributed by atoms with Gasteiger partial charge in [-0.05, 0) is 114 Å². The number of aryl methyl sites for hydroxylation is 4. The predicted octanol–water partition coefficient (Wildman–Crippen LogP) is 6.85. The van der Waals surface area contributed by atoms with Gasteiger partial charge in [0.05, 0.1) is 0 Å². The first-order valence-electron chi connectivity index (χ1n) is 19.9. The van der Waals surface area contributed by atoms with Crippen LogP contribution in [0.3, 0.4) is 0 Å². The fraction of sp³-hybridized carbons (Fsp3) is 0.136. The lowest BCUT2D eigenvalue weighted by Gasteiger charge is -2.14. The zero-order valence-electron chi connectivity index (χ0n) is 37.4. The number of hydrogen-bond donors (Lipinski definition) is 0. The van der Waals surface area contributed by atoms with Gasteiger partial charge >= 0.3 is 60.7 Å². The number of oxime groups is 2. The van der Waals surface area contributed by atoms with Crippen molar-refractivity contribution in [1.82, 2.24) is 0 Å². The maximum Gasteiger partial charge on any atom is 0.362 e. The number of benzene rings is 6. The molecule has 370 valence electrons. The summed E-state index contributed by atoms with van der Waals surface area (Å²) in [6.45, 7) is 8.95. The molecule has 20 nitrogen and oxygen atoms in total. The first kappa shape index (κ1) is 52.5. The molecular weight excluding hydrogens is 1040 g/mol. The van der Waals surface area contributed by atoms with E-state index in [2.05, 4.69) is 10.3 Å². The van der Waals surface area contributed by atoms with Gasteiger partial charge < -0.3 is 16.7 Å². The molecule has 0 fully saturated rings. The van der Waals surface area contributed by atoms with Crippen LogP contribution in [-0.2, 0) is 69.3 Å². The van der Waals surface area contributed by atoms with E-state index in [1.807, 2.05) is 0 Å². The van der Waals surface area contributed by atoms with Crippen molar-refractivity contribution in [2.45, 2.75) is 70.9 Å². The third-order valence-electron chi connectivity index (χ3n) is 9.49. The summed E-state index contributed by atoms with van der Waals surface area (Å²) in [6, 6.07) is 26.2.